The molecule has 190 valence electrons. The number of hydrogen-bond acceptors (Lipinski definition) is 7. The number of ketones is 2. The first-order valence-corrected chi connectivity index (χ1v) is 11.7. The van der Waals surface area contributed by atoms with E-state index in [9.17, 15) is 34.5 Å². The predicted molar refractivity (Wildman–Crippen MR) is 121 cm³/mol. The van der Waals surface area contributed by atoms with Crippen molar-refractivity contribution in [1.82, 2.24) is 0 Å². The van der Waals surface area contributed by atoms with Crippen molar-refractivity contribution >= 4 is 23.5 Å². The summed E-state index contributed by atoms with van der Waals surface area (Å²) in [5.74, 6) is -2.38. The Bertz CT molecular complexity index is 936. The van der Waals surface area contributed by atoms with Gasteiger partial charge in [-0.05, 0) is 56.1 Å². The topological polar surface area (TPSA) is 169 Å². The van der Waals surface area contributed by atoms with Crippen molar-refractivity contribution in [2.45, 2.75) is 70.5 Å². The summed E-state index contributed by atoms with van der Waals surface area (Å²) in [6, 6.07) is 0. The molecule has 10 heteroatoms. The van der Waals surface area contributed by atoms with Gasteiger partial charge in [0, 0.05) is 16.7 Å². The van der Waals surface area contributed by atoms with Crippen molar-refractivity contribution < 1.29 is 75.7 Å². The average Bonchev–Trinajstić information content (AvgIpc) is 3.03. The van der Waals surface area contributed by atoms with Crippen LogP contribution in [0.2, 0.25) is 0 Å². The van der Waals surface area contributed by atoms with Crippen LogP contribution in [0.4, 0.5) is 0 Å². The van der Waals surface area contributed by atoms with Gasteiger partial charge >= 0.3 is 41.5 Å². The van der Waals surface area contributed by atoms with Crippen LogP contribution in [0.3, 0.4) is 0 Å². The third-order valence-electron chi connectivity index (χ3n) is 8.81. The third kappa shape index (κ3) is 5.22. The Morgan fingerprint density at radius 2 is 1.71 bits per heavy atom. The maximum atomic E-state index is 12.4. The van der Waals surface area contributed by atoms with E-state index in [0.717, 1.165) is 24.8 Å². The van der Waals surface area contributed by atoms with Crippen LogP contribution in [0.15, 0.2) is 23.8 Å². The van der Waals surface area contributed by atoms with Crippen LogP contribution in [0.5, 0.6) is 0 Å². The molecule has 0 aliphatic heterocycles. The number of rotatable bonds is 5. The zero-order chi connectivity index (χ0) is 25.5. The number of hydrogen-bond donors (Lipinski definition) is 5. The van der Waals surface area contributed by atoms with Crippen molar-refractivity contribution in [2.24, 2.45) is 28.6 Å². The first kappa shape index (κ1) is 29.9. The molecule has 0 aromatic rings. The van der Waals surface area contributed by atoms with Gasteiger partial charge in [-0.1, -0.05) is 25.5 Å². The maximum absolute atomic E-state index is 12.4. The van der Waals surface area contributed by atoms with E-state index >= 15 is 0 Å². The van der Waals surface area contributed by atoms with Crippen LogP contribution in [-0.2, 0) is 19.2 Å². The number of Topliss-reactive ketones (excluding diaryl/α,β-unsaturated/α-hetero) is 1. The van der Waals surface area contributed by atoms with E-state index in [-0.39, 0.29) is 72.8 Å². The number of allylic oxidation sites excluding steroid dienone is 4. The van der Waals surface area contributed by atoms with Gasteiger partial charge in [0.25, 0.3) is 0 Å². The molecule has 35 heavy (non-hydrogen) atoms. The molecule has 3 saturated carbocycles. The molecule has 0 radical (unpaired) electrons. The van der Waals surface area contributed by atoms with Crippen LogP contribution in [0.1, 0.15) is 60.2 Å². The van der Waals surface area contributed by atoms with Gasteiger partial charge in [-0.15, -0.1) is 0 Å². The number of fused-ring (bicyclic) bond motifs is 5. The van der Waals surface area contributed by atoms with Gasteiger partial charge in [-0.25, -0.2) is 0 Å². The average molecular weight is 503 g/mol. The smallest absolute Gasteiger partial charge is 1.00 e. The molecule has 0 bridgehead atoms. The fraction of sp³-hybridized carbons (Fsp3) is 0.680. The van der Waals surface area contributed by atoms with Crippen molar-refractivity contribution in [3.8, 4) is 0 Å². The van der Waals surface area contributed by atoms with Crippen molar-refractivity contribution in [3.63, 3.8) is 0 Å². The van der Waals surface area contributed by atoms with Crippen LogP contribution in [0.25, 0.3) is 0 Å². The summed E-state index contributed by atoms with van der Waals surface area (Å²) in [7, 11) is 0. The van der Waals surface area contributed by atoms with Crippen molar-refractivity contribution in [2.75, 3.05) is 6.61 Å². The molecule has 0 aromatic heterocycles. The minimum atomic E-state index is -1.56. The fourth-order valence-electron chi connectivity index (χ4n) is 7.13. The molecule has 4 aliphatic carbocycles. The first-order valence-electron chi connectivity index (χ1n) is 11.7. The molecular weight excluding hydrogens is 467 g/mol. The number of carbonyl (C=O) groups excluding carboxylic acids is 2. The molecule has 0 saturated heterocycles. The zero-order valence-corrected chi connectivity index (χ0v) is 22.6. The molecule has 0 heterocycles. The summed E-state index contributed by atoms with van der Waals surface area (Å²) in [6.07, 6.45) is 7.09. The summed E-state index contributed by atoms with van der Waals surface area (Å²) >= 11 is 0. The van der Waals surface area contributed by atoms with Gasteiger partial charge in [-0.2, -0.15) is 0 Å². The van der Waals surface area contributed by atoms with E-state index in [2.05, 4.69) is 6.92 Å². The molecule has 4 aliphatic rings. The van der Waals surface area contributed by atoms with Gasteiger partial charge in [-0.3, -0.25) is 19.2 Å². The Balaban J connectivity index is 0.000000567. The zero-order valence-electron chi connectivity index (χ0n) is 21.6. The quantitative estimate of drug-likeness (QED) is 0.284. The number of aliphatic hydroxyl groups excluding tert-OH is 2. The van der Waals surface area contributed by atoms with Gasteiger partial charge < -0.3 is 27.0 Å². The number of carboxylic acids is 2. The second kappa shape index (κ2) is 10.9. The second-order valence-electron chi connectivity index (χ2n) is 10.5. The monoisotopic (exact) mass is 502 g/mol. The summed E-state index contributed by atoms with van der Waals surface area (Å²) in [6.45, 7) is 3.34. The van der Waals surface area contributed by atoms with Crippen LogP contribution >= 0.6 is 0 Å². The molecule has 5 N–H and O–H groups in total. The number of aliphatic hydroxyl groups is 3. The Kier molecular flexibility index (Phi) is 9.34. The Morgan fingerprint density at radius 1 is 1.11 bits per heavy atom. The first-order chi connectivity index (χ1) is 15.8. The molecule has 0 amide bonds. The Morgan fingerprint density at radius 3 is 2.26 bits per heavy atom. The number of aliphatic carboxylic acids is 2. The molecular formula is C25H35NaO9. The van der Waals surface area contributed by atoms with Crippen LogP contribution in [0, 0.1) is 28.6 Å². The van der Waals surface area contributed by atoms with Crippen LogP contribution < -0.4 is 29.6 Å². The van der Waals surface area contributed by atoms with Gasteiger partial charge in [0.2, 0.25) is 0 Å². The van der Waals surface area contributed by atoms with E-state index in [4.69, 9.17) is 10.2 Å². The third-order valence-corrected chi connectivity index (χ3v) is 8.81. The van der Waals surface area contributed by atoms with E-state index in [1.54, 1.807) is 12.2 Å². The maximum Gasteiger partial charge on any atom is 1.00 e. The standard InChI is InChI=1S/C21H28O5.C4H6O4.Na.H/c1-19-7-5-13(23)9-12(19)3-4-14-15-6-8-21(26,17(25)11-22)20(15,2)10-16(24)18(14)19;5-3(6)1-2-4(7)8;;/h5,7,9,14-16,18,22,24,26H,3-4,6,8,10-11H2,1-2H3;1-2H2,(H,5,6)(H,7,8);;/q;;+1;-1/t14-,15-,16-,18+,19-,20-,21-;;;/m0.../s1. The molecule has 0 aromatic carbocycles. The number of carboxylic acid groups (broad SMARTS) is 2. The molecule has 0 unspecified atom stereocenters. The van der Waals surface area contributed by atoms with Crippen LogP contribution in [-0.4, -0.2) is 67.3 Å². The van der Waals surface area contributed by atoms with Gasteiger partial charge in [0.1, 0.15) is 12.2 Å². The Labute approximate surface area is 228 Å². The predicted octanol–water partition coefficient (Wildman–Crippen LogP) is -1.39. The molecule has 3 fully saturated rings. The molecule has 0 spiro atoms. The minimum absolute atomic E-state index is 0. The largest absolute Gasteiger partial charge is 1.00 e. The SMILES string of the molecule is C[C@]12C=CC(=O)C=C1CC[C@@H]1[C@@H]2[C@@H](O)C[C@@]2(C)[C@H]1CC[C@]2(O)C(=O)CO.O=C(O)CCC(=O)O.[H-].[Na+]. The van der Waals surface area contributed by atoms with E-state index in [1.807, 2.05) is 13.0 Å². The summed E-state index contributed by atoms with van der Waals surface area (Å²) in [4.78, 5) is 43.4. The van der Waals surface area contributed by atoms with Gasteiger partial charge in [0.15, 0.2) is 11.6 Å². The minimum Gasteiger partial charge on any atom is -1.00 e. The van der Waals surface area contributed by atoms with E-state index in [0.29, 0.717) is 12.8 Å². The fourth-order valence-corrected chi connectivity index (χ4v) is 7.13. The Hall–Kier alpha value is -1.36. The summed E-state index contributed by atoms with van der Waals surface area (Å²) in [5.41, 5.74) is -1.54. The number of carbonyl (C=O) groups is 4. The molecule has 4 rings (SSSR count). The summed E-state index contributed by atoms with van der Waals surface area (Å²) < 4.78 is 0. The van der Waals surface area contributed by atoms with Crippen molar-refractivity contribution in [1.29, 1.82) is 0 Å². The van der Waals surface area contributed by atoms with E-state index in [1.165, 1.54) is 0 Å². The van der Waals surface area contributed by atoms with E-state index < -0.39 is 41.4 Å². The second-order valence-corrected chi connectivity index (χ2v) is 10.5. The van der Waals surface area contributed by atoms with Gasteiger partial charge in [0.05, 0.1) is 18.9 Å². The molecule has 7 atom stereocenters. The van der Waals surface area contributed by atoms with Crippen molar-refractivity contribution in [3.05, 3.63) is 23.8 Å². The normalized spacial score (nSPS) is 39.0. The summed E-state index contributed by atoms with van der Waals surface area (Å²) in [5, 5.41) is 47.5. The molecule has 9 nitrogen and oxygen atoms in total.